The number of hydrogen-bond acceptors (Lipinski definition) is 1. The average Bonchev–Trinajstić information content (AvgIpc) is 2.73. The quantitative estimate of drug-likeness (QED) is 0.664. The molecule has 0 saturated heterocycles. The zero-order chi connectivity index (χ0) is 9.64. The fourth-order valence-electron chi connectivity index (χ4n) is 1.34. The van der Waals surface area contributed by atoms with E-state index in [4.69, 9.17) is 0 Å². The van der Waals surface area contributed by atoms with E-state index in [1.165, 1.54) is 4.57 Å². The molecule has 5 heteroatoms. The Balaban J connectivity index is 2.34. The molecule has 2 nitrogen and oxygen atoms in total. The van der Waals surface area contributed by atoms with Crippen molar-refractivity contribution in [1.82, 2.24) is 9.55 Å². The van der Waals surface area contributed by atoms with Crippen molar-refractivity contribution in [3.05, 3.63) is 17.7 Å². The molecule has 1 saturated carbocycles. The lowest BCUT2D eigenvalue weighted by Gasteiger charge is -1.99. The van der Waals surface area contributed by atoms with Crippen LogP contribution in [0.1, 0.15) is 30.3 Å². The zero-order valence-corrected chi connectivity index (χ0v) is 7.10. The summed E-state index contributed by atoms with van der Waals surface area (Å²) >= 11 is 0. The average molecular weight is 190 g/mol. The number of nitrogens with zero attached hydrogens (tertiary/aromatic N) is 2. The van der Waals surface area contributed by atoms with Gasteiger partial charge in [0.2, 0.25) is 0 Å². The van der Waals surface area contributed by atoms with E-state index in [0.717, 1.165) is 19.0 Å². The van der Waals surface area contributed by atoms with Gasteiger partial charge in [-0.15, -0.1) is 0 Å². The van der Waals surface area contributed by atoms with Gasteiger partial charge >= 0.3 is 6.18 Å². The van der Waals surface area contributed by atoms with Crippen LogP contribution in [0.15, 0.2) is 6.20 Å². The third kappa shape index (κ3) is 1.55. The fourth-order valence-corrected chi connectivity index (χ4v) is 1.34. The first-order valence-corrected chi connectivity index (χ1v) is 4.09. The Labute approximate surface area is 73.4 Å². The lowest BCUT2D eigenvalue weighted by molar-refractivity contribution is -0.141. The van der Waals surface area contributed by atoms with Crippen LogP contribution in [0.25, 0.3) is 0 Å². The summed E-state index contributed by atoms with van der Waals surface area (Å²) in [5.41, 5.74) is -0.781. The molecule has 1 fully saturated rings. The molecule has 0 N–H and O–H groups in total. The van der Waals surface area contributed by atoms with Crippen LogP contribution in [-0.4, -0.2) is 9.55 Å². The van der Waals surface area contributed by atoms with E-state index < -0.39 is 11.9 Å². The van der Waals surface area contributed by atoms with Crippen LogP contribution >= 0.6 is 0 Å². The fraction of sp³-hybridized carbons (Fsp3) is 0.625. The molecule has 0 amide bonds. The van der Waals surface area contributed by atoms with Gasteiger partial charge < -0.3 is 4.57 Å². The first kappa shape index (κ1) is 8.59. The Bertz CT molecular complexity index is 323. The molecule has 1 aromatic heterocycles. The highest BCUT2D eigenvalue weighted by atomic mass is 19.4. The molecule has 13 heavy (non-hydrogen) atoms. The largest absolute Gasteiger partial charge is 0.434 e. The van der Waals surface area contributed by atoms with Gasteiger partial charge in [-0.1, -0.05) is 0 Å². The van der Waals surface area contributed by atoms with E-state index in [1.54, 1.807) is 7.05 Å². The monoisotopic (exact) mass is 190 g/mol. The summed E-state index contributed by atoms with van der Waals surface area (Å²) in [7, 11) is 1.61. The normalized spacial score (nSPS) is 17.8. The predicted octanol–water partition coefficient (Wildman–Crippen LogP) is 2.32. The van der Waals surface area contributed by atoms with Gasteiger partial charge in [-0.05, 0) is 12.8 Å². The summed E-state index contributed by atoms with van der Waals surface area (Å²) in [6.45, 7) is 0. The maximum atomic E-state index is 12.2. The van der Waals surface area contributed by atoms with E-state index >= 15 is 0 Å². The van der Waals surface area contributed by atoms with Gasteiger partial charge in [0.1, 0.15) is 5.82 Å². The van der Waals surface area contributed by atoms with Crippen molar-refractivity contribution in [2.75, 3.05) is 0 Å². The number of hydrogen-bond donors (Lipinski definition) is 0. The van der Waals surface area contributed by atoms with Crippen LogP contribution in [-0.2, 0) is 13.2 Å². The number of halogens is 3. The Hall–Kier alpha value is -1.00. The van der Waals surface area contributed by atoms with Crippen molar-refractivity contribution in [2.24, 2.45) is 7.05 Å². The second kappa shape index (κ2) is 2.49. The van der Waals surface area contributed by atoms with Crippen molar-refractivity contribution in [3.63, 3.8) is 0 Å². The predicted molar refractivity (Wildman–Crippen MR) is 40.2 cm³/mol. The lowest BCUT2D eigenvalue weighted by atomic mass is 10.4. The lowest BCUT2D eigenvalue weighted by Crippen LogP contribution is -2.05. The molecule has 0 atom stereocenters. The highest BCUT2D eigenvalue weighted by molar-refractivity contribution is 5.14. The van der Waals surface area contributed by atoms with Crippen LogP contribution in [0, 0.1) is 0 Å². The molecule has 0 aromatic carbocycles. The summed E-state index contributed by atoms with van der Waals surface area (Å²) < 4.78 is 38.0. The first-order valence-electron chi connectivity index (χ1n) is 4.09. The van der Waals surface area contributed by atoms with Crippen LogP contribution < -0.4 is 0 Å². The molecule has 1 aliphatic carbocycles. The maximum Gasteiger partial charge on any atom is 0.434 e. The van der Waals surface area contributed by atoms with Crippen LogP contribution in [0.5, 0.6) is 0 Å². The molecule has 0 unspecified atom stereocenters. The Morgan fingerprint density at radius 2 is 2.08 bits per heavy atom. The molecular weight excluding hydrogens is 181 g/mol. The highest BCUT2D eigenvalue weighted by Gasteiger charge is 2.37. The van der Waals surface area contributed by atoms with Gasteiger partial charge in [0.15, 0.2) is 5.69 Å². The standard InChI is InChI=1S/C8H9F3N2/c1-13-4-6(8(9,10)11)12-7(13)5-2-3-5/h4-5H,2-3H2,1H3. The Kier molecular flexibility index (Phi) is 1.65. The van der Waals surface area contributed by atoms with Crippen molar-refractivity contribution >= 4 is 0 Å². The van der Waals surface area contributed by atoms with Gasteiger partial charge in [-0.25, -0.2) is 4.98 Å². The molecule has 0 aliphatic heterocycles. The van der Waals surface area contributed by atoms with Gasteiger partial charge in [0.25, 0.3) is 0 Å². The Morgan fingerprint density at radius 3 is 2.46 bits per heavy atom. The minimum atomic E-state index is -4.31. The van der Waals surface area contributed by atoms with Gasteiger partial charge in [-0.2, -0.15) is 13.2 Å². The van der Waals surface area contributed by atoms with E-state index in [2.05, 4.69) is 4.98 Å². The van der Waals surface area contributed by atoms with Crippen LogP contribution in [0.4, 0.5) is 13.2 Å². The summed E-state index contributed by atoms with van der Waals surface area (Å²) in [4.78, 5) is 3.58. The summed E-state index contributed by atoms with van der Waals surface area (Å²) in [5, 5.41) is 0. The number of aromatic nitrogens is 2. The van der Waals surface area contributed by atoms with Crippen LogP contribution in [0.3, 0.4) is 0 Å². The molecule has 0 radical (unpaired) electrons. The van der Waals surface area contributed by atoms with Gasteiger partial charge in [0.05, 0.1) is 0 Å². The highest BCUT2D eigenvalue weighted by Crippen LogP contribution is 2.40. The molecule has 1 aromatic rings. The van der Waals surface area contributed by atoms with Gasteiger partial charge in [-0.3, -0.25) is 0 Å². The summed E-state index contributed by atoms with van der Waals surface area (Å²) in [5.74, 6) is 0.813. The maximum absolute atomic E-state index is 12.2. The van der Waals surface area contributed by atoms with Crippen LogP contribution in [0.2, 0.25) is 0 Å². The minimum Gasteiger partial charge on any atom is -0.337 e. The molecule has 2 rings (SSSR count). The smallest absolute Gasteiger partial charge is 0.337 e. The summed E-state index contributed by atoms with van der Waals surface area (Å²) in [6, 6.07) is 0. The number of rotatable bonds is 1. The third-order valence-electron chi connectivity index (χ3n) is 2.15. The van der Waals surface area contributed by atoms with Gasteiger partial charge in [0, 0.05) is 19.2 Å². The molecule has 1 aliphatic rings. The molecular formula is C8H9F3N2. The second-order valence-corrected chi connectivity index (χ2v) is 3.37. The van der Waals surface area contributed by atoms with Crippen molar-refractivity contribution < 1.29 is 13.2 Å². The summed E-state index contributed by atoms with van der Waals surface area (Å²) in [6.07, 6.45) is -1.34. The van der Waals surface area contributed by atoms with E-state index in [9.17, 15) is 13.2 Å². The van der Waals surface area contributed by atoms with E-state index in [1.807, 2.05) is 0 Å². The Morgan fingerprint density at radius 1 is 1.46 bits per heavy atom. The third-order valence-corrected chi connectivity index (χ3v) is 2.15. The van der Waals surface area contributed by atoms with Crippen molar-refractivity contribution in [1.29, 1.82) is 0 Å². The molecule has 1 heterocycles. The SMILES string of the molecule is Cn1cc(C(F)(F)F)nc1C1CC1. The van der Waals surface area contributed by atoms with E-state index in [-0.39, 0.29) is 5.92 Å². The molecule has 0 spiro atoms. The topological polar surface area (TPSA) is 17.8 Å². The molecule has 0 bridgehead atoms. The zero-order valence-electron chi connectivity index (χ0n) is 7.10. The van der Waals surface area contributed by atoms with Crippen molar-refractivity contribution in [2.45, 2.75) is 24.9 Å². The second-order valence-electron chi connectivity index (χ2n) is 3.37. The minimum absolute atomic E-state index is 0.251. The first-order chi connectivity index (χ1) is 5.98. The number of alkyl halides is 3. The van der Waals surface area contributed by atoms with E-state index in [0.29, 0.717) is 5.82 Å². The van der Waals surface area contributed by atoms with Crippen molar-refractivity contribution in [3.8, 4) is 0 Å². The molecule has 72 valence electrons. The number of imidazole rings is 1. The number of aryl methyl sites for hydroxylation is 1.